The van der Waals surface area contributed by atoms with Crippen LogP contribution in [0, 0.1) is 0 Å². The fourth-order valence-electron chi connectivity index (χ4n) is 2.73. The van der Waals surface area contributed by atoms with Gasteiger partial charge in [-0.25, -0.2) is 4.79 Å². The summed E-state index contributed by atoms with van der Waals surface area (Å²) in [5.74, 6) is -0.560. The first-order valence-corrected chi connectivity index (χ1v) is 9.17. The van der Waals surface area contributed by atoms with Crippen LogP contribution in [0.4, 0.5) is 0 Å². The van der Waals surface area contributed by atoms with Crippen LogP contribution in [-0.4, -0.2) is 58.6 Å². The number of hydrogen-bond donors (Lipinski definition) is 3. The number of allylic oxidation sites excluding steroid dienone is 1. The second kappa shape index (κ2) is 10.5. The predicted octanol–water partition coefficient (Wildman–Crippen LogP) is 1.47. The fraction of sp³-hybridized carbons (Fsp3) is 0.550. The summed E-state index contributed by atoms with van der Waals surface area (Å²) in [5.41, 5.74) is 0.873. The van der Waals surface area contributed by atoms with Crippen molar-refractivity contribution in [1.82, 2.24) is 0 Å². The number of aliphatic hydroxyl groups excluding tert-OH is 3. The lowest BCUT2D eigenvalue weighted by Gasteiger charge is -2.40. The molecule has 1 aliphatic rings. The van der Waals surface area contributed by atoms with Gasteiger partial charge < -0.3 is 29.5 Å². The predicted molar refractivity (Wildman–Crippen MR) is 97.6 cm³/mol. The third-order valence-corrected chi connectivity index (χ3v) is 4.37. The molecule has 0 aliphatic carbocycles. The lowest BCUT2D eigenvalue weighted by atomic mass is 9.99. The number of benzene rings is 1. The summed E-state index contributed by atoms with van der Waals surface area (Å²) in [7, 11) is 0. The molecule has 1 aromatic carbocycles. The quantitative estimate of drug-likeness (QED) is 0.463. The number of aliphatic hydroxyl groups is 3. The second-order valence-corrected chi connectivity index (χ2v) is 6.52. The molecule has 0 saturated carbocycles. The molecule has 0 aromatic heterocycles. The Bertz CT molecular complexity index is 604. The van der Waals surface area contributed by atoms with Gasteiger partial charge in [0.05, 0.1) is 6.10 Å². The number of carbonyl (C=O) groups is 1. The molecule has 0 radical (unpaired) electrons. The molecule has 6 atom stereocenters. The van der Waals surface area contributed by atoms with Gasteiger partial charge in [-0.2, -0.15) is 0 Å². The lowest BCUT2D eigenvalue weighted by Crippen LogP contribution is -2.59. The Hall–Kier alpha value is -1.77. The number of esters is 1. The topological polar surface area (TPSA) is 105 Å². The molecule has 2 rings (SSSR count). The van der Waals surface area contributed by atoms with Crippen LogP contribution in [0.2, 0.25) is 0 Å². The highest BCUT2D eigenvalue weighted by molar-refractivity contribution is 5.81. The number of carbonyl (C=O) groups excluding carboxylic acids is 1. The van der Waals surface area contributed by atoms with Crippen LogP contribution in [0.1, 0.15) is 38.4 Å². The van der Waals surface area contributed by atoms with Crippen molar-refractivity contribution in [2.75, 3.05) is 6.61 Å². The van der Waals surface area contributed by atoms with E-state index in [-0.39, 0.29) is 6.61 Å². The van der Waals surface area contributed by atoms with Gasteiger partial charge in [0.1, 0.15) is 31.0 Å². The highest BCUT2D eigenvalue weighted by atomic mass is 16.7. The van der Waals surface area contributed by atoms with E-state index >= 15 is 0 Å². The van der Waals surface area contributed by atoms with E-state index in [9.17, 15) is 20.1 Å². The fourth-order valence-corrected chi connectivity index (χ4v) is 2.73. The van der Waals surface area contributed by atoms with Gasteiger partial charge in [-0.1, -0.05) is 49.8 Å². The smallest absolute Gasteiger partial charge is 0.330 e. The van der Waals surface area contributed by atoms with E-state index in [2.05, 4.69) is 0 Å². The molecule has 0 bridgehead atoms. The normalized spacial score (nSPS) is 29.6. The molecule has 150 valence electrons. The highest BCUT2D eigenvalue weighted by Crippen LogP contribution is 2.27. The molecule has 27 heavy (non-hydrogen) atoms. The third-order valence-electron chi connectivity index (χ3n) is 4.37. The summed E-state index contributed by atoms with van der Waals surface area (Å²) in [4.78, 5) is 11.7. The van der Waals surface area contributed by atoms with Crippen molar-refractivity contribution in [3.8, 4) is 0 Å². The Morgan fingerprint density at radius 1 is 1.19 bits per heavy atom. The average molecular weight is 380 g/mol. The van der Waals surface area contributed by atoms with E-state index in [1.54, 1.807) is 13.0 Å². The molecule has 1 aromatic rings. The van der Waals surface area contributed by atoms with Gasteiger partial charge in [0, 0.05) is 6.08 Å². The second-order valence-electron chi connectivity index (χ2n) is 6.52. The maximum Gasteiger partial charge on any atom is 0.330 e. The summed E-state index contributed by atoms with van der Waals surface area (Å²) in [6, 6.07) is 9.34. The first-order chi connectivity index (χ1) is 12.9. The van der Waals surface area contributed by atoms with Crippen molar-refractivity contribution in [3.63, 3.8) is 0 Å². The zero-order valence-corrected chi connectivity index (χ0v) is 15.6. The molecule has 0 unspecified atom stereocenters. The first kappa shape index (κ1) is 21.5. The number of unbranched alkanes of at least 4 members (excludes halogenated alkanes) is 1. The van der Waals surface area contributed by atoms with Crippen molar-refractivity contribution in [2.24, 2.45) is 0 Å². The van der Waals surface area contributed by atoms with Crippen LogP contribution in [0.25, 0.3) is 0 Å². The van der Waals surface area contributed by atoms with Crippen molar-refractivity contribution in [1.29, 1.82) is 0 Å². The van der Waals surface area contributed by atoms with E-state index in [0.29, 0.717) is 0 Å². The minimum atomic E-state index is -1.48. The van der Waals surface area contributed by atoms with Crippen molar-refractivity contribution >= 4 is 5.97 Å². The lowest BCUT2D eigenvalue weighted by molar-refractivity contribution is -0.311. The van der Waals surface area contributed by atoms with Crippen molar-refractivity contribution < 1.29 is 34.3 Å². The monoisotopic (exact) mass is 380 g/mol. The minimum Gasteiger partial charge on any atom is -0.460 e. The molecule has 7 heteroatoms. The van der Waals surface area contributed by atoms with E-state index in [0.717, 1.165) is 18.4 Å². The van der Waals surface area contributed by atoms with E-state index in [1.165, 1.54) is 6.08 Å². The Labute approximate surface area is 159 Å². The Kier molecular flexibility index (Phi) is 8.40. The van der Waals surface area contributed by atoms with Gasteiger partial charge in [0.2, 0.25) is 0 Å². The largest absolute Gasteiger partial charge is 0.460 e. The van der Waals surface area contributed by atoms with Gasteiger partial charge >= 0.3 is 5.97 Å². The van der Waals surface area contributed by atoms with Gasteiger partial charge in [-0.05, 0) is 18.9 Å². The zero-order valence-electron chi connectivity index (χ0n) is 15.6. The maximum atomic E-state index is 11.7. The van der Waals surface area contributed by atoms with Crippen LogP contribution in [-0.2, 0) is 19.0 Å². The highest BCUT2D eigenvalue weighted by Gasteiger charge is 2.45. The molecule has 1 heterocycles. The van der Waals surface area contributed by atoms with Crippen molar-refractivity contribution in [2.45, 2.75) is 63.5 Å². The van der Waals surface area contributed by atoms with E-state index < -0.39 is 42.8 Å². The Morgan fingerprint density at radius 3 is 2.56 bits per heavy atom. The number of hydrogen-bond acceptors (Lipinski definition) is 7. The molecular weight excluding hydrogens is 352 g/mol. The van der Waals surface area contributed by atoms with Gasteiger partial charge in [0.25, 0.3) is 0 Å². The summed E-state index contributed by atoms with van der Waals surface area (Å²) in [6.45, 7) is 3.52. The molecule has 3 N–H and O–H groups in total. The minimum absolute atomic E-state index is 0.264. The zero-order chi connectivity index (χ0) is 19.8. The number of rotatable bonds is 8. The summed E-state index contributed by atoms with van der Waals surface area (Å²) in [5, 5.41) is 30.4. The summed E-state index contributed by atoms with van der Waals surface area (Å²) in [6.07, 6.45) is -2.21. The average Bonchev–Trinajstić information content (AvgIpc) is 2.68. The molecular formula is C20H28O7. The van der Waals surface area contributed by atoms with Crippen LogP contribution >= 0.6 is 0 Å². The molecule has 1 saturated heterocycles. The molecule has 7 nitrogen and oxygen atoms in total. The summed E-state index contributed by atoms with van der Waals surface area (Å²) >= 11 is 0. The van der Waals surface area contributed by atoms with Crippen LogP contribution in [0.15, 0.2) is 42.5 Å². The van der Waals surface area contributed by atoms with Gasteiger partial charge in [0.15, 0.2) is 6.29 Å². The van der Waals surface area contributed by atoms with E-state index in [1.807, 2.05) is 37.3 Å². The standard InChI is InChI=1S/C20H28O7/c1-3-4-6-11-16(21)25-12-15-17(22)18(23)19(24)20(27-15)26-13(2)14-9-7-5-8-10-14/h5-11,13,15,17-20,22-24H,3-4,12H2,1-2H3/b11-6+/t13-,15-,17-,18+,19-,20-/m1/s1. The number of ether oxygens (including phenoxy) is 3. The van der Waals surface area contributed by atoms with Gasteiger partial charge in [-0.15, -0.1) is 0 Å². The van der Waals surface area contributed by atoms with Crippen LogP contribution < -0.4 is 0 Å². The Morgan fingerprint density at radius 2 is 1.89 bits per heavy atom. The molecule has 1 fully saturated rings. The maximum absolute atomic E-state index is 11.7. The first-order valence-electron chi connectivity index (χ1n) is 9.17. The van der Waals surface area contributed by atoms with Crippen LogP contribution in [0.3, 0.4) is 0 Å². The SMILES string of the molecule is CCC/C=C/C(=O)OC[C@H]1O[C@@H](O[C@H](C)c2ccccc2)[C@H](O)[C@@H](O)[C@@H]1O. The molecule has 1 aliphatic heterocycles. The van der Waals surface area contributed by atoms with Crippen LogP contribution in [0.5, 0.6) is 0 Å². The molecule has 0 spiro atoms. The molecule has 0 amide bonds. The third kappa shape index (κ3) is 6.12. The summed E-state index contributed by atoms with van der Waals surface area (Å²) < 4.78 is 16.4. The Balaban J connectivity index is 1.95. The van der Waals surface area contributed by atoms with Gasteiger partial charge in [-0.3, -0.25) is 0 Å². The van der Waals surface area contributed by atoms with Crippen molar-refractivity contribution in [3.05, 3.63) is 48.0 Å². The van der Waals surface area contributed by atoms with E-state index in [4.69, 9.17) is 14.2 Å².